The molecule has 2 aromatic heterocycles. The van der Waals surface area contributed by atoms with Gasteiger partial charge in [-0.3, -0.25) is 4.68 Å². The van der Waals surface area contributed by atoms with Gasteiger partial charge in [0.05, 0.1) is 18.4 Å². The van der Waals surface area contributed by atoms with Gasteiger partial charge in [0.25, 0.3) is 0 Å². The maximum atomic E-state index is 10.7. The Balaban J connectivity index is 0.00000144. The first kappa shape index (κ1) is 14.3. The number of aromatic carboxylic acids is 1. The first-order chi connectivity index (χ1) is 7.66. The first-order valence-electron chi connectivity index (χ1n) is 4.35. The quantitative estimate of drug-likeness (QED) is 0.527. The molecule has 2 rings (SSSR count). The average Bonchev–Trinajstić information content (AvgIpc) is 2.64. The molecule has 0 aliphatic heterocycles. The van der Waals surface area contributed by atoms with Crippen LogP contribution in [0.15, 0.2) is 24.8 Å². The number of aryl methyl sites for hydroxylation is 1. The topological polar surface area (TPSA) is 93.0 Å². The van der Waals surface area contributed by atoms with E-state index in [-0.39, 0.29) is 63.0 Å². The van der Waals surface area contributed by atoms with E-state index in [0.29, 0.717) is 5.75 Å². The average molecular weight is 258 g/mol. The van der Waals surface area contributed by atoms with E-state index in [0.717, 1.165) is 0 Å². The number of rotatable bonds is 3. The van der Waals surface area contributed by atoms with E-state index in [1.165, 1.54) is 23.3 Å². The Kier molecular flexibility index (Phi) is 5.21. The fraction of sp³-hybridized carbons (Fsp3) is 0.111. The van der Waals surface area contributed by atoms with Crippen molar-refractivity contribution in [3.63, 3.8) is 0 Å². The van der Waals surface area contributed by atoms with Crippen molar-refractivity contribution in [2.24, 2.45) is 7.05 Å². The van der Waals surface area contributed by atoms with Crippen molar-refractivity contribution in [1.82, 2.24) is 19.7 Å². The number of carboxylic acid groups (broad SMARTS) is 1. The van der Waals surface area contributed by atoms with Crippen LogP contribution in [-0.2, 0) is 7.05 Å². The molecule has 2 heterocycles. The fourth-order valence-electron chi connectivity index (χ4n) is 1.10. The Morgan fingerprint density at radius 2 is 2.12 bits per heavy atom. The van der Waals surface area contributed by atoms with Crippen LogP contribution >= 0.6 is 0 Å². The van der Waals surface area contributed by atoms with Crippen LogP contribution < -0.4 is 61.2 Å². The van der Waals surface area contributed by atoms with Crippen LogP contribution in [0.1, 0.15) is 10.5 Å². The molecule has 0 saturated carbocycles. The maximum absolute atomic E-state index is 10.7. The summed E-state index contributed by atoms with van der Waals surface area (Å²) < 4.78 is 6.73. The second-order valence-corrected chi connectivity index (χ2v) is 2.95. The number of ether oxygens (including phenoxy) is 1. The molecule has 2 aromatic rings. The van der Waals surface area contributed by atoms with Crippen molar-refractivity contribution in [2.75, 3.05) is 0 Å². The minimum absolute atomic E-state index is 0. The normalized spacial score (nSPS) is 9.47. The molecule has 0 amide bonds. The summed E-state index contributed by atoms with van der Waals surface area (Å²) >= 11 is 0. The number of aromatic nitrogens is 4. The van der Waals surface area contributed by atoms with Gasteiger partial charge < -0.3 is 14.6 Å². The van der Waals surface area contributed by atoms with Gasteiger partial charge in [-0.05, 0) is 0 Å². The molecule has 0 aromatic carbocycles. The fourth-order valence-corrected chi connectivity index (χ4v) is 1.10. The zero-order valence-electron chi connectivity index (χ0n) is 9.32. The van der Waals surface area contributed by atoms with E-state index in [1.54, 1.807) is 13.2 Å². The monoisotopic (exact) mass is 258 g/mol. The third-order valence-electron chi connectivity index (χ3n) is 1.75. The molecule has 8 heteroatoms. The van der Waals surface area contributed by atoms with Gasteiger partial charge in [0, 0.05) is 19.4 Å². The Hall–Kier alpha value is -0.804. The molecule has 0 saturated heterocycles. The van der Waals surface area contributed by atoms with Gasteiger partial charge in [-0.25, -0.2) is 9.97 Å². The molecule has 0 bridgehead atoms. The van der Waals surface area contributed by atoms with Crippen molar-refractivity contribution in [2.45, 2.75) is 0 Å². The van der Waals surface area contributed by atoms with Gasteiger partial charge >= 0.3 is 51.4 Å². The Bertz CT molecular complexity index is 528. The van der Waals surface area contributed by atoms with E-state index in [9.17, 15) is 9.90 Å². The molecule has 0 fully saturated rings. The van der Waals surface area contributed by atoms with Crippen LogP contribution in [0.2, 0.25) is 0 Å². The first-order valence-corrected chi connectivity index (χ1v) is 4.35. The molecular formula is C9H7KN4O3. The largest absolute Gasteiger partial charge is 1.00 e. The smallest absolute Gasteiger partial charge is 0.543 e. The van der Waals surface area contributed by atoms with E-state index >= 15 is 0 Å². The molecule has 0 aliphatic carbocycles. The van der Waals surface area contributed by atoms with Crippen LogP contribution in [0, 0.1) is 0 Å². The van der Waals surface area contributed by atoms with E-state index in [1.807, 2.05) is 0 Å². The van der Waals surface area contributed by atoms with E-state index in [2.05, 4.69) is 15.1 Å². The molecule has 17 heavy (non-hydrogen) atoms. The number of hydrogen-bond donors (Lipinski definition) is 0. The van der Waals surface area contributed by atoms with Gasteiger partial charge in [0.2, 0.25) is 5.88 Å². The SMILES string of the molecule is Cn1cc(Oc2nccnc2C(=O)[O-])cn1.[K+]. The summed E-state index contributed by atoms with van der Waals surface area (Å²) in [5.41, 5.74) is -0.341. The molecule has 0 radical (unpaired) electrons. The minimum Gasteiger partial charge on any atom is -0.543 e. The van der Waals surface area contributed by atoms with Gasteiger partial charge in [0.1, 0.15) is 5.69 Å². The van der Waals surface area contributed by atoms with Crippen LogP contribution in [0.25, 0.3) is 0 Å². The summed E-state index contributed by atoms with van der Waals surface area (Å²) in [5.74, 6) is -1.17. The predicted octanol–water partition coefficient (Wildman–Crippen LogP) is -3.63. The van der Waals surface area contributed by atoms with Crippen LogP contribution in [0.3, 0.4) is 0 Å². The zero-order valence-corrected chi connectivity index (χ0v) is 12.4. The van der Waals surface area contributed by atoms with Crippen LogP contribution in [-0.4, -0.2) is 25.7 Å². The summed E-state index contributed by atoms with van der Waals surface area (Å²) in [6.07, 6.45) is 5.60. The van der Waals surface area contributed by atoms with E-state index < -0.39 is 5.97 Å². The Morgan fingerprint density at radius 3 is 2.71 bits per heavy atom. The van der Waals surface area contributed by atoms with Gasteiger partial charge in [-0.2, -0.15) is 5.10 Å². The summed E-state index contributed by atoms with van der Waals surface area (Å²) in [7, 11) is 1.71. The maximum Gasteiger partial charge on any atom is 1.00 e. The predicted molar refractivity (Wildman–Crippen MR) is 49.6 cm³/mol. The van der Waals surface area contributed by atoms with Crippen molar-refractivity contribution < 1.29 is 66.0 Å². The summed E-state index contributed by atoms with van der Waals surface area (Å²) in [6.45, 7) is 0. The van der Waals surface area contributed by atoms with Gasteiger partial charge in [0.15, 0.2) is 5.75 Å². The van der Waals surface area contributed by atoms with Crippen molar-refractivity contribution in [1.29, 1.82) is 0 Å². The van der Waals surface area contributed by atoms with Crippen molar-refractivity contribution >= 4 is 5.97 Å². The summed E-state index contributed by atoms with van der Waals surface area (Å²) in [6, 6.07) is 0. The van der Waals surface area contributed by atoms with Crippen LogP contribution in [0.4, 0.5) is 0 Å². The summed E-state index contributed by atoms with van der Waals surface area (Å²) in [4.78, 5) is 18.1. The third-order valence-corrected chi connectivity index (χ3v) is 1.75. The van der Waals surface area contributed by atoms with Crippen LogP contribution in [0.5, 0.6) is 11.6 Å². The number of carbonyl (C=O) groups is 1. The molecule has 0 spiro atoms. The minimum atomic E-state index is -1.44. The third kappa shape index (κ3) is 3.58. The second-order valence-electron chi connectivity index (χ2n) is 2.95. The van der Waals surface area contributed by atoms with Crippen molar-refractivity contribution in [3.05, 3.63) is 30.5 Å². The number of carboxylic acids is 1. The number of nitrogens with zero attached hydrogens (tertiary/aromatic N) is 4. The molecule has 82 valence electrons. The Labute approximate surface area is 139 Å². The Morgan fingerprint density at radius 1 is 1.41 bits per heavy atom. The van der Waals surface area contributed by atoms with Gasteiger partial charge in [-0.1, -0.05) is 0 Å². The molecule has 7 nitrogen and oxygen atoms in total. The molecule has 0 aliphatic rings. The van der Waals surface area contributed by atoms with E-state index in [4.69, 9.17) is 4.74 Å². The van der Waals surface area contributed by atoms with Gasteiger partial charge in [-0.15, -0.1) is 0 Å². The molecular weight excluding hydrogens is 251 g/mol. The summed E-state index contributed by atoms with van der Waals surface area (Å²) in [5, 5.41) is 14.6. The van der Waals surface area contributed by atoms with Crippen molar-refractivity contribution in [3.8, 4) is 11.6 Å². The molecule has 0 N–H and O–H groups in total. The molecule has 0 unspecified atom stereocenters. The zero-order chi connectivity index (χ0) is 11.5. The standard InChI is InChI=1S/C9H8N4O3.K/c1-13-5-6(4-12-13)16-8-7(9(14)15)10-2-3-11-8;/h2-5H,1H3,(H,14,15);/q;+1/p-1. The second kappa shape index (κ2) is 6.22. The molecule has 0 atom stereocenters. The number of hydrogen-bond acceptors (Lipinski definition) is 6. The number of carbonyl (C=O) groups excluding carboxylic acids is 1.